The van der Waals surface area contributed by atoms with Gasteiger partial charge in [-0.15, -0.1) is 0 Å². The molecule has 0 aliphatic carbocycles. The van der Waals surface area contributed by atoms with Gasteiger partial charge in [-0.3, -0.25) is 4.90 Å². The van der Waals surface area contributed by atoms with Crippen LogP contribution in [0.5, 0.6) is 0 Å². The lowest BCUT2D eigenvalue weighted by Crippen LogP contribution is -2.42. The normalized spacial score (nSPS) is 17.6. The van der Waals surface area contributed by atoms with E-state index in [1.165, 1.54) is 0 Å². The highest BCUT2D eigenvalue weighted by Crippen LogP contribution is 2.18. The number of nitrogens with zero attached hydrogens (tertiary/aromatic N) is 1. The van der Waals surface area contributed by atoms with Gasteiger partial charge in [0, 0.05) is 44.0 Å². The second-order valence-corrected chi connectivity index (χ2v) is 4.32. The summed E-state index contributed by atoms with van der Waals surface area (Å²) < 4.78 is 13.5. The number of piperazine rings is 1. The van der Waals surface area contributed by atoms with Crippen LogP contribution in [0.25, 0.3) is 0 Å². The average molecular weight is 223 g/mol. The van der Waals surface area contributed by atoms with E-state index < -0.39 is 0 Å². The molecule has 1 aliphatic rings. The second kappa shape index (κ2) is 4.80. The average Bonchev–Trinajstić information content (AvgIpc) is 2.27. The number of nitrogens with one attached hydrogen (secondary N) is 1. The van der Waals surface area contributed by atoms with Gasteiger partial charge in [0.15, 0.2) is 0 Å². The minimum Gasteiger partial charge on any atom is -0.398 e. The minimum absolute atomic E-state index is 0.204. The van der Waals surface area contributed by atoms with Gasteiger partial charge in [-0.25, -0.2) is 4.39 Å². The lowest BCUT2D eigenvalue weighted by molar-refractivity contribution is 0.233. The van der Waals surface area contributed by atoms with Gasteiger partial charge in [-0.2, -0.15) is 0 Å². The number of benzene rings is 1. The quantitative estimate of drug-likeness (QED) is 0.738. The summed E-state index contributed by atoms with van der Waals surface area (Å²) in [6.07, 6.45) is 0. The van der Waals surface area contributed by atoms with Crippen LogP contribution in [0.15, 0.2) is 12.1 Å². The van der Waals surface area contributed by atoms with Crippen LogP contribution in [0.1, 0.15) is 11.1 Å². The Morgan fingerprint density at radius 2 is 2.06 bits per heavy atom. The van der Waals surface area contributed by atoms with Crippen molar-refractivity contribution in [2.75, 3.05) is 31.9 Å². The van der Waals surface area contributed by atoms with E-state index in [4.69, 9.17) is 5.73 Å². The Morgan fingerprint density at radius 1 is 1.38 bits per heavy atom. The molecule has 0 bridgehead atoms. The predicted octanol–water partition coefficient (Wildman–Crippen LogP) is 1.12. The number of hydrogen-bond acceptors (Lipinski definition) is 3. The van der Waals surface area contributed by atoms with Crippen LogP contribution in [0.4, 0.5) is 10.1 Å². The van der Waals surface area contributed by atoms with E-state index in [9.17, 15) is 4.39 Å². The topological polar surface area (TPSA) is 41.3 Å². The molecule has 3 nitrogen and oxygen atoms in total. The van der Waals surface area contributed by atoms with Crippen molar-refractivity contribution < 1.29 is 4.39 Å². The van der Waals surface area contributed by atoms with Gasteiger partial charge in [-0.1, -0.05) is 0 Å². The third-order valence-corrected chi connectivity index (χ3v) is 3.06. The van der Waals surface area contributed by atoms with Crippen molar-refractivity contribution in [3.8, 4) is 0 Å². The molecular formula is C12H18FN3. The molecule has 1 aromatic rings. The van der Waals surface area contributed by atoms with Gasteiger partial charge < -0.3 is 11.1 Å². The number of nitrogen functional groups attached to an aromatic ring is 1. The van der Waals surface area contributed by atoms with E-state index in [1.54, 1.807) is 13.0 Å². The molecule has 0 unspecified atom stereocenters. The van der Waals surface area contributed by atoms with E-state index in [0.29, 0.717) is 11.3 Å². The van der Waals surface area contributed by atoms with E-state index >= 15 is 0 Å². The first-order valence-corrected chi connectivity index (χ1v) is 5.64. The van der Waals surface area contributed by atoms with Crippen molar-refractivity contribution in [1.82, 2.24) is 10.2 Å². The molecular weight excluding hydrogens is 205 g/mol. The van der Waals surface area contributed by atoms with Gasteiger partial charge >= 0.3 is 0 Å². The molecule has 1 fully saturated rings. The third kappa shape index (κ3) is 2.51. The third-order valence-electron chi connectivity index (χ3n) is 3.06. The summed E-state index contributed by atoms with van der Waals surface area (Å²) >= 11 is 0. The zero-order valence-electron chi connectivity index (χ0n) is 9.59. The summed E-state index contributed by atoms with van der Waals surface area (Å²) in [7, 11) is 0. The first kappa shape index (κ1) is 11.4. The summed E-state index contributed by atoms with van der Waals surface area (Å²) in [6, 6.07) is 3.47. The highest BCUT2D eigenvalue weighted by Gasteiger charge is 2.11. The molecule has 4 heteroatoms. The van der Waals surface area contributed by atoms with E-state index in [2.05, 4.69) is 10.2 Å². The Morgan fingerprint density at radius 3 is 2.69 bits per heavy atom. The van der Waals surface area contributed by atoms with Gasteiger partial charge in [0.2, 0.25) is 0 Å². The Balaban J connectivity index is 2.09. The molecule has 1 aliphatic heterocycles. The number of anilines is 1. The standard InChI is InChI=1S/C12H18FN3/c1-9-11(13)6-10(7-12(9)14)8-16-4-2-15-3-5-16/h6-7,15H,2-5,8,14H2,1H3. The molecule has 0 atom stereocenters. The van der Waals surface area contributed by atoms with Gasteiger partial charge in [0.05, 0.1) is 0 Å². The summed E-state index contributed by atoms with van der Waals surface area (Å²) in [6.45, 7) is 6.51. The number of rotatable bonds is 2. The lowest BCUT2D eigenvalue weighted by Gasteiger charge is -2.27. The zero-order valence-corrected chi connectivity index (χ0v) is 9.59. The maximum absolute atomic E-state index is 13.5. The second-order valence-electron chi connectivity index (χ2n) is 4.32. The molecule has 16 heavy (non-hydrogen) atoms. The van der Waals surface area contributed by atoms with E-state index in [0.717, 1.165) is 38.3 Å². The fourth-order valence-corrected chi connectivity index (χ4v) is 1.98. The van der Waals surface area contributed by atoms with E-state index in [-0.39, 0.29) is 5.82 Å². The van der Waals surface area contributed by atoms with Crippen LogP contribution in [0.2, 0.25) is 0 Å². The molecule has 0 spiro atoms. The van der Waals surface area contributed by atoms with Crippen LogP contribution in [0, 0.1) is 12.7 Å². The van der Waals surface area contributed by atoms with Crippen molar-refractivity contribution in [1.29, 1.82) is 0 Å². The number of halogens is 1. The highest BCUT2D eigenvalue weighted by atomic mass is 19.1. The van der Waals surface area contributed by atoms with Crippen molar-refractivity contribution in [2.45, 2.75) is 13.5 Å². The van der Waals surface area contributed by atoms with E-state index in [1.807, 2.05) is 6.07 Å². The van der Waals surface area contributed by atoms with Gasteiger partial charge in [-0.05, 0) is 24.6 Å². The first-order chi connectivity index (χ1) is 7.66. The molecule has 1 aromatic carbocycles. The zero-order chi connectivity index (χ0) is 11.5. The maximum atomic E-state index is 13.5. The van der Waals surface area contributed by atoms with Crippen LogP contribution in [-0.4, -0.2) is 31.1 Å². The molecule has 0 radical (unpaired) electrons. The molecule has 3 N–H and O–H groups in total. The van der Waals surface area contributed by atoms with Crippen molar-refractivity contribution in [3.63, 3.8) is 0 Å². The largest absolute Gasteiger partial charge is 0.398 e. The molecule has 0 saturated carbocycles. The number of hydrogen-bond donors (Lipinski definition) is 2. The van der Waals surface area contributed by atoms with Gasteiger partial charge in [0.1, 0.15) is 5.82 Å². The molecule has 2 rings (SSSR count). The first-order valence-electron chi connectivity index (χ1n) is 5.64. The molecule has 1 heterocycles. The fraction of sp³-hybridized carbons (Fsp3) is 0.500. The smallest absolute Gasteiger partial charge is 0.128 e. The SMILES string of the molecule is Cc1c(N)cc(CN2CCNCC2)cc1F. The summed E-state index contributed by atoms with van der Waals surface area (Å²) in [4.78, 5) is 2.31. The molecule has 0 aromatic heterocycles. The molecule has 0 amide bonds. The molecule has 88 valence electrons. The predicted molar refractivity (Wildman–Crippen MR) is 63.7 cm³/mol. The Labute approximate surface area is 95.4 Å². The molecule has 1 saturated heterocycles. The summed E-state index contributed by atoms with van der Waals surface area (Å²) in [5, 5.41) is 3.29. The lowest BCUT2D eigenvalue weighted by atomic mass is 10.1. The van der Waals surface area contributed by atoms with Crippen LogP contribution in [-0.2, 0) is 6.54 Å². The van der Waals surface area contributed by atoms with Crippen molar-refractivity contribution >= 4 is 5.69 Å². The number of nitrogens with two attached hydrogens (primary N) is 1. The fourth-order valence-electron chi connectivity index (χ4n) is 1.98. The monoisotopic (exact) mass is 223 g/mol. The summed E-state index contributed by atoms with van der Waals surface area (Å²) in [5.41, 5.74) is 7.81. The summed E-state index contributed by atoms with van der Waals surface area (Å²) in [5.74, 6) is -0.204. The highest BCUT2D eigenvalue weighted by molar-refractivity contribution is 5.49. The van der Waals surface area contributed by atoms with Crippen LogP contribution in [0.3, 0.4) is 0 Å². The minimum atomic E-state index is -0.204. The van der Waals surface area contributed by atoms with Crippen LogP contribution < -0.4 is 11.1 Å². The Hall–Kier alpha value is -1.13. The Kier molecular flexibility index (Phi) is 3.41. The Bertz CT molecular complexity index is 350. The van der Waals surface area contributed by atoms with Crippen molar-refractivity contribution in [3.05, 3.63) is 29.1 Å². The van der Waals surface area contributed by atoms with Crippen LogP contribution >= 0.6 is 0 Å². The maximum Gasteiger partial charge on any atom is 0.128 e. The van der Waals surface area contributed by atoms with Gasteiger partial charge in [0.25, 0.3) is 0 Å². The van der Waals surface area contributed by atoms with Crippen molar-refractivity contribution in [2.24, 2.45) is 0 Å².